The van der Waals surface area contributed by atoms with Crippen LogP contribution in [0.4, 0.5) is 5.69 Å². The van der Waals surface area contributed by atoms with Gasteiger partial charge in [0.05, 0.1) is 0 Å². The van der Waals surface area contributed by atoms with E-state index < -0.39 is 0 Å². The first kappa shape index (κ1) is 15.1. The van der Waals surface area contributed by atoms with Crippen molar-refractivity contribution in [3.63, 3.8) is 0 Å². The SMILES string of the molecule is Cc1cc(C)cc(OCC(=O)Nc2cccc(C)c2C)c1. The van der Waals surface area contributed by atoms with Crippen molar-refractivity contribution in [1.29, 1.82) is 0 Å². The number of aryl methyl sites for hydroxylation is 3. The second-order valence-corrected chi connectivity index (χ2v) is 5.41. The highest BCUT2D eigenvalue weighted by atomic mass is 16.5. The number of amides is 1. The van der Waals surface area contributed by atoms with Crippen molar-refractivity contribution in [2.75, 3.05) is 11.9 Å². The lowest BCUT2D eigenvalue weighted by Gasteiger charge is -2.11. The maximum Gasteiger partial charge on any atom is 0.262 e. The Hall–Kier alpha value is -2.29. The molecule has 0 aliphatic carbocycles. The molecule has 2 aromatic rings. The summed E-state index contributed by atoms with van der Waals surface area (Å²) < 4.78 is 5.56. The third-order valence-corrected chi connectivity index (χ3v) is 3.44. The number of carbonyl (C=O) groups excluding carboxylic acids is 1. The lowest BCUT2D eigenvalue weighted by Crippen LogP contribution is -2.20. The number of hydrogen-bond donors (Lipinski definition) is 1. The van der Waals surface area contributed by atoms with Crippen LogP contribution in [0.2, 0.25) is 0 Å². The number of anilines is 1. The highest BCUT2D eigenvalue weighted by Gasteiger charge is 2.07. The highest BCUT2D eigenvalue weighted by Crippen LogP contribution is 2.19. The van der Waals surface area contributed by atoms with Crippen LogP contribution in [0.1, 0.15) is 22.3 Å². The van der Waals surface area contributed by atoms with E-state index >= 15 is 0 Å². The van der Waals surface area contributed by atoms with Gasteiger partial charge in [0.2, 0.25) is 0 Å². The van der Waals surface area contributed by atoms with Gasteiger partial charge in [-0.05, 0) is 68.1 Å². The quantitative estimate of drug-likeness (QED) is 0.923. The van der Waals surface area contributed by atoms with E-state index in [4.69, 9.17) is 4.74 Å². The van der Waals surface area contributed by atoms with Crippen molar-refractivity contribution in [2.45, 2.75) is 27.7 Å². The van der Waals surface area contributed by atoms with Gasteiger partial charge in [0.15, 0.2) is 6.61 Å². The summed E-state index contributed by atoms with van der Waals surface area (Å²) in [5, 5.41) is 2.89. The van der Waals surface area contributed by atoms with E-state index in [-0.39, 0.29) is 12.5 Å². The molecule has 110 valence electrons. The Labute approximate surface area is 126 Å². The minimum absolute atomic E-state index is 0.0102. The number of hydrogen-bond acceptors (Lipinski definition) is 2. The van der Waals surface area contributed by atoms with E-state index in [1.165, 1.54) is 0 Å². The molecular formula is C18H21NO2. The largest absolute Gasteiger partial charge is 0.484 e. The van der Waals surface area contributed by atoms with Gasteiger partial charge in [0.25, 0.3) is 5.91 Å². The lowest BCUT2D eigenvalue weighted by atomic mass is 10.1. The molecule has 1 amide bonds. The maximum atomic E-state index is 12.0. The maximum absolute atomic E-state index is 12.0. The van der Waals surface area contributed by atoms with Gasteiger partial charge in [-0.1, -0.05) is 18.2 Å². The summed E-state index contributed by atoms with van der Waals surface area (Å²) in [5.41, 5.74) is 5.32. The Bertz CT molecular complexity index is 642. The van der Waals surface area contributed by atoms with E-state index in [1.807, 2.05) is 58.0 Å². The average molecular weight is 283 g/mol. The molecule has 0 saturated heterocycles. The van der Waals surface area contributed by atoms with Crippen molar-refractivity contribution < 1.29 is 9.53 Å². The first-order valence-electron chi connectivity index (χ1n) is 7.03. The van der Waals surface area contributed by atoms with Gasteiger partial charge in [0.1, 0.15) is 5.75 Å². The molecule has 0 atom stereocenters. The molecular weight excluding hydrogens is 262 g/mol. The number of benzene rings is 2. The summed E-state index contributed by atoms with van der Waals surface area (Å²) >= 11 is 0. The van der Waals surface area contributed by atoms with E-state index in [1.54, 1.807) is 0 Å². The number of carbonyl (C=O) groups is 1. The van der Waals surface area contributed by atoms with Crippen LogP contribution in [0.15, 0.2) is 36.4 Å². The van der Waals surface area contributed by atoms with Crippen LogP contribution in [0, 0.1) is 27.7 Å². The molecule has 0 saturated carbocycles. The van der Waals surface area contributed by atoms with E-state index in [0.29, 0.717) is 0 Å². The Morgan fingerprint density at radius 3 is 2.38 bits per heavy atom. The molecule has 0 aromatic heterocycles. The third kappa shape index (κ3) is 4.09. The molecule has 0 aliphatic heterocycles. The van der Waals surface area contributed by atoms with Crippen molar-refractivity contribution in [3.8, 4) is 5.75 Å². The molecule has 1 N–H and O–H groups in total. The van der Waals surface area contributed by atoms with Crippen LogP contribution < -0.4 is 10.1 Å². The molecule has 0 radical (unpaired) electrons. The second-order valence-electron chi connectivity index (χ2n) is 5.41. The molecule has 0 heterocycles. The normalized spacial score (nSPS) is 10.3. The van der Waals surface area contributed by atoms with Gasteiger partial charge in [0, 0.05) is 5.69 Å². The van der Waals surface area contributed by atoms with Gasteiger partial charge >= 0.3 is 0 Å². The standard InChI is InChI=1S/C18H21NO2/c1-12-8-13(2)10-16(9-12)21-11-18(20)19-17-7-5-6-14(3)15(17)4/h5-10H,11H2,1-4H3,(H,19,20). The molecule has 3 nitrogen and oxygen atoms in total. The van der Waals surface area contributed by atoms with Gasteiger partial charge in [-0.15, -0.1) is 0 Å². The summed E-state index contributed by atoms with van der Waals surface area (Å²) in [6, 6.07) is 11.8. The van der Waals surface area contributed by atoms with Crippen LogP contribution >= 0.6 is 0 Å². The smallest absolute Gasteiger partial charge is 0.262 e. The predicted molar refractivity (Wildman–Crippen MR) is 86.0 cm³/mol. The average Bonchev–Trinajstić information content (AvgIpc) is 2.41. The fourth-order valence-corrected chi connectivity index (χ4v) is 2.24. The minimum atomic E-state index is -0.150. The summed E-state index contributed by atoms with van der Waals surface area (Å²) in [6.45, 7) is 8.05. The number of ether oxygens (including phenoxy) is 1. The summed E-state index contributed by atoms with van der Waals surface area (Å²) in [4.78, 5) is 12.0. The summed E-state index contributed by atoms with van der Waals surface area (Å²) in [5.74, 6) is 0.575. The molecule has 2 rings (SSSR count). The third-order valence-electron chi connectivity index (χ3n) is 3.44. The van der Waals surface area contributed by atoms with E-state index in [0.717, 1.165) is 33.7 Å². The molecule has 21 heavy (non-hydrogen) atoms. The van der Waals surface area contributed by atoms with Gasteiger partial charge < -0.3 is 10.1 Å². The molecule has 0 spiro atoms. The lowest BCUT2D eigenvalue weighted by molar-refractivity contribution is -0.118. The van der Waals surface area contributed by atoms with Crippen LogP contribution in [0.3, 0.4) is 0 Å². The van der Waals surface area contributed by atoms with E-state index in [9.17, 15) is 4.79 Å². The molecule has 0 fully saturated rings. The van der Waals surface area contributed by atoms with Gasteiger partial charge in [-0.3, -0.25) is 4.79 Å². The van der Waals surface area contributed by atoms with Gasteiger partial charge in [-0.2, -0.15) is 0 Å². The highest BCUT2D eigenvalue weighted by molar-refractivity contribution is 5.92. The monoisotopic (exact) mass is 283 g/mol. The topological polar surface area (TPSA) is 38.3 Å². The summed E-state index contributed by atoms with van der Waals surface area (Å²) in [6.07, 6.45) is 0. The minimum Gasteiger partial charge on any atom is -0.484 e. The van der Waals surface area contributed by atoms with Crippen LogP contribution in [-0.2, 0) is 4.79 Å². The van der Waals surface area contributed by atoms with Crippen molar-refractivity contribution in [2.24, 2.45) is 0 Å². The molecule has 0 bridgehead atoms. The fourth-order valence-electron chi connectivity index (χ4n) is 2.24. The fraction of sp³-hybridized carbons (Fsp3) is 0.278. The molecule has 2 aromatic carbocycles. The zero-order valence-electron chi connectivity index (χ0n) is 13.0. The van der Waals surface area contributed by atoms with Crippen molar-refractivity contribution >= 4 is 11.6 Å². The van der Waals surface area contributed by atoms with E-state index in [2.05, 4.69) is 11.4 Å². The summed E-state index contributed by atoms with van der Waals surface area (Å²) in [7, 11) is 0. The zero-order chi connectivity index (χ0) is 15.4. The second kappa shape index (κ2) is 6.44. The molecule has 3 heteroatoms. The Balaban J connectivity index is 1.97. The van der Waals surface area contributed by atoms with Crippen LogP contribution in [0.5, 0.6) is 5.75 Å². The number of rotatable bonds is 4. The van der Waals surface area contributed by atoms with Crippen molar-refractivity contribution in [3.05, 3.63) is 58.7 Å². The van der Waals surface area contributed by atoms with Crippen LogP contribution in [-0.4, -0.2) is 12.5 Å². The van der Waals surface area contributed by atoms with Crippen LogP contribution in [0.25, 0.3) is 0 Å². The molecule has 0 unspecified atom stereocenters. The Morgan fingerprint density at radius 1 is 1.05 bits per heavy atom. The predicted octanol–water partition coefficient (Wildman–Crippen LogP) is 3.94. The zero-order valence-corrected chi connectivity index (χ0v) is 13.0. The first-order valence-corrected chi connectivity index (χ1v) is 7.03. The Kier molecular flexibility index (Phi) is 4.63. The molecule has 0 aliphatic rings. The number of nitrogens with one attached hydrogen (secondary N) is 1. The van der Waals surface area contributed by atoms with Crippen molar-refractivity contribution in [1.82, 2.24) is 0 Å². The first-order chi connectivity index (χ1) is 9.95. The Morgan fingerprint density at radius 2 is 1.71 bits per heavy atom. The van der Waals surface area contributed by atoms with Gasteiger partial charge in [-0.25, -0.2) is 0 Å².